The molecule has 148 valence electrons. The Morgan fingerprint density at radius 1 is 1.11 bits per heavy atom. The zero-order chi connectivity index (χ0) is 19.2. The molecule has 0 bridgehead atoms. The van der Waals surface area contributed by atoms with Gasteiger partial charge in [-0.3, -0.25) is 14.5 Å². The van der Waals surface area contributed by atoms with Crippen molar-refractivity contribution < 1.29 is 14.3 Å². The number of anilines is 2. The predicted octanol–water partition coefficient (Wildman–Crippen LogP) is 2.89. The smallest absolute Gasteiger partial charge is 0.242 e. The lowest BCUT2D eigenvalue weighted by Crippen LogP contribution is -2.52. The number of amides is 2. The van der Waals surface area contributed by atoms with Gasteiger partial charge in [-0.05, 0) is 36.6 Å². The van der Waals surface area contributed by atoms with Crippen LogP contribution >= 0.6 is 0 Å². The van der Waals surface area contributed by atoms with E-state index in [9.17, 15) is 9.59 Å². The number of carbonyl (C=O) groups excluding carboxylic acids is 2. The molecule has 1 aromatic carbocycles. The first-order valence-electron chi connectivity index (χ1n) is 10.2. The lowest BCUT2D eigenvalue weighted by molar-refractivity contribution is -0.125. The molecule has 0 spiro atoms. The van der Waals surface area contributed by atoms with Gasteiger partial charge in [-0.1, -0.05) is 26.7 Å². The van der Waals surface area contributed by atoms with E-state index in [0.29, 0.717) is 25.6 Å². The summed E-state index contributed by atoms with van der Waals surface area (Å²) in [5.41, 5.74) is 1.68. The van der Waals surface area contributed by atoms with Crippen molar-refractivity contribution in [2.24, 2.45) is 5.92 Å². The van der Waals surface area contributed by atoms with Gasteiger partial charge in [-0.2, -0.15) is 0 Å². The van der Waals surface area contributed by atoms with Crippen LogP contribution in [0.2, 0.25) is 0 Å². The Morgan fingerprint density at radius 2 is 1.78 bits per heavy atom. The summed E-state index contributed by atoms with van der Waals surface area (Å²) >= 11 is 0. The van der Waals surface area contributed by atoms with Gasteiger partial charge >= 0.3 is 0 Å². The predicted molar refractivity (Wildman–Crippen MR) is 107 cm³/mol. The zero-order valence-electron chi connectivity index (χ0n) is 16.4. The first-order valence-corrected chi connectivity index (χ1v) is 10.2. The molecule has 2 heterocycles. The van der Waals surface area contributed by atoms with Gasteiger partial charge in [-0.15, -0.1) is 0 Å². The highest BCUT2D eigenvalue weighted by Crippen LogP contribution is 2.25. The molecule has 2 aliphatic rings. The molecule has 2 saturated heterocycles. The number of benzene rings is 1. The third-order valence-corrected chi connectivity index (χ3v) is 5.72. The first kappa shape index (κ1) is 19.8. The quantitative estimate of drug-likeness (QED) is 0.798. The van der Waals surface area contributed by atoms with Gasteiger partial charge in [0.05, 0.1) is 19.3 Å². The SMILES string of the molecule is CCC(CC)[C@H](C(=O)Nc1ccc(N2CCCC2=O)cc1)N1CCOCC1. The van der Waals surface area contributed by atoms with E-state index in [-0.39, 0.29) is 17.9 Å². The normalized spacial score (nSPS) is 19.5. The highest BCUT2D eigenvalue weighted by molar-refractivity contribution is 5.97. The summed E-state index contributed by atoms with van der Waals surface area (Å²) in [6.07, 6.45) is 3.48. The largest absolute Gasteiger partial charge is 0.379 e. The Morgan fingerprint density at radius 3 is 2.33 bits per heavy atom. The van der Waals surface area contributed by atoms with Gasteiger partial charge < -0.3 is 15.0 Å². The van der Waals surface area contributed by atoms with Crippen molar-refractivity contribution in [2.75, 3.05) is 43.1 Å². The molecule has 2 amide bonds. The van der Waals surface area contributed by atoms with E-state index in [1.807, 2.05) is 29.2 Å². The Hall–Kier alpha value is -1.92. The second-order valence-corrected chi connectivity index (χ2v) is 7.35. The van der Waals surface area contributed by atoms with Crippen LogP contribution < -0.4 is 10.2 Å². The average Bonchev–Trinajstić information content (AvgIpc) is 3.13. The number of rotatable bonds is 7. The van der Waals surface area contributed by atoms with Gasteiger partial charge in [0.25, 0.3) is 0 Å². The summed E-state index contributed by atoms with van der Waals surface area (Å²) < 4.78 is 5.46. The van der Waals surface area contributed by atoms with Gasteiger partial charge in [0.1, 0.15) is 0 Å². The van der Waals surface area contributed by atoms with E-state index in [0.717, 1.165) is 50.3 Å². The fraction of sp³-hybridized carbons (Fsp3) is 0.619. The number of morpholine rings is 1. The summed E-state index contributed by atoms with van der Waals surface area (Å²) in [6, 6.07) is 7.48. The van der Waals surface area contributed by atoms with Gasteiger partial charge in [-0.25, -0.2) is 0 Å². The molecule has 27 heavy (non-hydrogen) atoms. The lowest BCUT2D eigenvalue weighted by Gasteiger charge is -2.37. The molecule has 0 aliphatic carbocycles. The molecule has 1 N–H and O–H groups in total. The van der Waals surface area contributed by atoms with Crippen LogP contribution in [-0.2, 0) is 14.3 Å². The van der Waals surface area contributed by atoms with Gasteiger partial charge in [0.15, 0.2) is 0 Å². The molecule has 6 heteroatoms. The van der Waals surface area contributed by atoms with Crippen molar-refractivity contribution in [1.82, 2.24) is 4.90 Å². The lowest BCUT2D eigenvalue weighted by atomic mass is 9.91. The van der Waals surface area contributed by atoms with Crippen LogP contribution in [0.4, 0.5) is 11.4 Å². The number of hydrogen-bond acceptors (Lipinski definition) is 4. The van der Waals surface area contributed by atoms with E-state index in [2.05, 4.69) is 24.1 Å². The van der Waals surface area contributed by atoms with Crippen LogP contribution in [0.25, 0.3) is 0 Å². The van der Waals surface area contributed by atoms with E-state index in [1.54, 1.807) is 0 Å². The van der Waals surface area contributed by atoms with Crippen molar-refractivity contribution in [1.29, 1.82) is 0 Å². The molecule has 0 unspecified atom stereocenters. The average molecular weight is 373 g/mol. The second-order valence-electron chi connectivity index (χ2n) is 7.35. The summed E-state index contributed by atoms with van der Waals surface area (Å²) in [4.78, 5) is 29.1. The summed E-state index contributed by atoms with van der Waals surface area (Å²) in [5.74, 6) is 0.549. The van der Waals surface area contributed by atoms with Crippen LogP contribution in [0.15, 0.2) is 24.3 Å². The van der Waals surface area contributed by atoms with E-state index >= 15 is 0 Å². The monoisotopic (exact) mass is 373 g/mol. The third-order valence-electron chi connectivity index (χ3n) is 5.72. The molecule has 1 atom stereocenters. The van der Waals surface area contributed by atoms with E-state index < -0.39 is 0 Å². The molecule has 0 saturated carbocycles. The maximum absolute atomic E-state index is 13.1. The molecule has 6 nitrogen and oxygen atoms in total. The van der Waals surface area contributed by atoms with Crippen molar-refractivity contribution >= 4 is 23.2 Å². The molecule has 2 aliphatic heterocycles. The van der Waals surface area contributed by atoms with Crippen LogP contribution in [0.3, 0.4) is 0 Å². The van der Waals surface area contributed by atoms with Crippen LogP contribution in [0.1, 0.15) is 39.5 Å². The number of nitrogens with zero attached hydrogens (tertiary/aromatic N) is 2. The first-order chi connectivity index (χ1) is 13.1. The minimum Gasteiger partial charge on any atom is -0.379 e. The van der Waals surface area contributed by atoms with Crippen LogP contribution in [0, 0.1) is 5.92 Å². The Kier molecular flexibility index (Phi) is 6.85. The van der Waals surface area contributed by atoms with Crippen LogP contribution in [0.5, 0.6) is 0 Å². The minimum absolute atomic E-state index is 0.0515. The highest BCUT2D eigenvalue weighted by atomic mass is 16.5. The van der Waals surface area contributed by atoms with Crippen molar-refractivity contribution in [3.05, 3.63) is 24.3 Å². The topological polar surface area (TPSA) is 61.9 Å². The minimum atomic E-state index is -0.135. The fourth-order valence-electron chi connectivity index (χ4n) is 4.13. The van der Waals surface area contributed by atoms with E-state index in [1.165, 1.54) is 0 Å². The maximum atomic E-state index is 13.1. The molecule has 3 rings (SSSR count). The summed E-state index contributed by atoms with van der Waals surface area (Å²) in [5, 5.41) is 3.09. The number of nitrogens with one attached hydrogen (secondary N) is 1. The van der Waals surface area contributed by atoms with Crippen molar-refractivity contribution in [3.8, 4) is 0 Å². The Labute approximate surface area is 161 Å². The standard InChI is InChI=1S/C21H31N3O3/c1-3-16(4-2)20(23-12-14-27-15-13-23)21(26)22-17-7-9-18(10-8-17)24-11-5-6-19(24)25/h7-10,16,20H,3-6,11-15H2,1-2H3,(H,22,26)/t20-/m1/s1. The maximum Gasteiger partial charge on any atom is 0.242 e. The second kappa shape index (κ2) is 9.33. The molecule has 0 radical (unpaired) electrons. The Balaban J connectivity index is 1.69. The molecular formula is C21H31N3O3. The summed E-state index contributed by atoms with van der Waals surface area (Å²) in [6.45, 7) is 8.03. The molecule has 0 aromatic heterocycles. The van der Waals surface area contributed by atoms with E-state index in [4.69, 9.17) is 4.74 Å². The highest BCUT2D eigenvalue weighted by Gasteiger charge is 2.33. The van der Waals surface area contributed by atoms with Crippen LogP contribution in [-0.4, -0.2) is 55.6 Å². The summed E-state index contributed by atoms with van der Waals surface area (Å²) in [7, 11) is 0. The molecule has 2 fully saturated rings. The third kappa shape index (κ3) is 4.68. The zero-order valence-corrected chi connectivity index (χ0v) is 16.4. The Bertz CT molecular complexity index is 637. The number of ether oxygens (including phenoxy) is 1. The van der Waals surface area contributed by atoms with Gasteiger partial charge in [0, 0.05) is 37.4 Å². The molecule has 1 aromatic rings. The fourth-order valence-corrected chi connectivity index (χ4v) is 4.13. The number of carbonyl (C=O) groups is 2. The number of hydrogen-bond donors (Lipinski definition) is 1. The van der Waals surface area contributed by atoms with Crippen molar-refractivity contribution in [3.63, 3.8) is 0 Å². The van der Waals surface area contributed by atoms with Gasteiger partial charge in [0.2, 0.25) is 11.8 Å². The van der Waals surface area contributed by atoms with Crippen molar-refractivity contribution in [2.45, 2.75) is 45.6 Å². The molecular weight excluding hydrogens is 342 g/mol.